The van der Waals surface area contributed by atoms with Gasteiger partial charge in [-0.05, 0) is 12.8 Å². The monoisotopic (exact) mass is 299 g/mol. The van der Waals surface area contributed by atoms with Gasteiger partial charge in [0.2, 0.25) is 0 Å². The molecular weight excluding hydrogens is 266 g/mol. The molecule has 2 rings (SSSR count). The first-order valence-electron chi connectivity index (χ1n) is 8.50. The van der Waals surface area contributed by atoms with Crippen LogP contribution in [0.25, 0.3) is 0 Å². The van der Waals surface area contributed by atoms with Crippen LogP contribution in [-0.4, -0.2) is 86.6 Å². The average Bonchev–Trinajstić information content (AvgIpc) is 2.49. The average molecular weight is 299 g/mol. The summed E-state index contributed by atoms with van der Waals surface area (Å²) in [7, 11) is 0. The fourth-order valence-electron chi connectivity index (χ4n) is 3.44. The molecule has 0 aliphatic carbocycles. The molecule has 0 radical (unpaired) electrons. The molecule has 5 heteroatoms. The molecule has 2 heterocycles. The Morgan fingerprint density at radius 3 is 2.48 bits per heavy atom. The predicted molar refractivity (Wildman–Crippen MR) is 85.6 cm³/mol. The number of hydrogen-bond donors (Lipinski definition) is 2. The number of aliphatic hydroxyl groups is 1. The van der Waals surface area contributed by atoms with E-state index in [1.807, 2.05) is 0 Å². The molecule has 2 N–H and O–H groups in total. The number of piperazine rings is 1. The van der Waals surface area contributed by atoms with Gasteiger partial charge in [0.1, 0.15) is 0 Å². The number of β-amino-alcohol motifs (C(OH)–C–C–N with tert-alkyl or cyclic N) is 1. The van der Waals surface area contributed by atoms with E-state index in [2.05, 4.69) is 29.0 Å². The van der Waals surface area contributed by atoms with Crippen molar-refractivity contribution in [1.82, 2.24) is 15.1 Å². The summed E-state index contributed by atoms with van der Waals surface area (Å²) in [5.74, 6) is 0. The van der Waals surface area contributed by atoms with Gasteiger partial charge in [-0.25, -0.2) is 0 Å². The molecule has 0 saturated carbocycles. The zero-order valence-electron chi connectivity index (χ0n) is 13.8. The SMILES string of the molecule is CC(C)NCC1(CN2CCN(CCO)CC2)CCCOC1. The van der Waals surface area contributed by atoms with E-state index in [4.69, 9.17) is 9.84 Å². The molecule has 1 atom stereocenters. The highest BCUT2D eigenvalue weighted by molar-refractivity contribution is 4.89. The summed E-state index contributed by atoms with van der Waals surface area (Å²) in [4.78, 5) is 4.94. The van der Waals surface area contributed by atoms with Crippen LogP contribution in [0.5, 0.6) is 0 Å². The van der Waals surface area contributed by atoms with Crippen molar-refractivity contribution >= 4 is 0 Å². The zero-order chi connectivity index (χ0) is 15.1. The second-order valence-corrected chi connectivity index (χ2v) is 7.03. The van der Waals surface area contributed by atoms with Gasteiger partial charge in [0, 0.05) is 63.9 Å². The van der Waals surface area contributed by atoms with E-state index >= 15 is 0 Å². The predicted octanol–water partition coefficient (Wildman–Crippen LogP) is 0.391. The van der Waals surface area contributed by atoms with Crippen LogP contribution in [0.15, 0.2) is 0 Å². The standard InChI is InChI=1S/C16H33N3O2/c1-15(2)17-12-16(4-3-11-21-14-16)13-19-7-5-18(6-8-19)9-10-20/h15,17,20H,3-14H2,1-2H3. The van der Waals surface area contributed by atoms with Crippen molar-refractivity contribution in [1.29, 1.82) is 0 Å². The van der Waals surface area contributed by atoms with Crippen molar-refractivity contribution in [3.63, 3.8) is 0 Å². The lowest BCUT2D eigenvalue weighted by atomic mass is 9.81. The number of rotatable bonds is 7. The summed E-state index contributed by atoms with van der Waals surface area (Å²) >= 11 is 0. The van der Waals surface area contributed by atoms with Crippen LogP contribution >= 0.6 is 0 Å². The Morgan fingerprint density at radius 1 is 1.19 bits per heavy atom. The van der Waals surface area contributed by atoms with Gasteiger partial charge in [-0.2, -0.15) is 0 Å². The summed E-state index contributed by atoms with van der Waals surface area (Å²) in [6, 6.07) is 0.533. The van der Waals surface area contributed by atoms with Gasteiger partial charge in [-0.1, -0.05) is 13.8 Å². The number of ether oxygens (including phenoxy) is 1. The van der Waals surface area contributed by atoms with E-state index in [-0.39, 0.29) is 12.0 Å². The molecule has 2 fully saturated rings. The summed E-state index contributed by atoms with van der Waals surface area (Å²) < 4.78 is 5.81. The van der Waals surface area contributed by atoms with Gasteiger partial charge in [-0.15, -0.1) is 0 Å². The molecule has 2 saturated heterocycles. The maximum Gasteiger partial charge on any atom is 0.0558 e. The lowest BCUT2D eigenvalue weighted by molar-refractivity contribution is -0.0340. The van der Waals surface area contributed by atoms with Crippen LogP contribution in [0.4, 0.5) is 0 Å². The molecule has 0 amide bonds. The highest BCUT2D eigenvalue weighted by Crippen LogP contribution is 2.29. The Hall–Kier alpha value is -0.200. The molecule has 124 valence electrons. The smallest absolute Gasteiger partial charge is 0.0558 e. The zero-order valence-corrected chi connectivity index (χ0v) is 13.8. The van der Waals surface area contributed by atoms with E-state index in [9.17, 15) is 0 Å². The fraction of sp³-hybridized carbons (Fsp3) is 1.00. The second-order valence-electron chi connectivity index (χ2n) is 7.03. The minimum absolute atomic E-state index is 0.274. The first kappa shape index (κ1) is 17.2. The van der Waals surface area contributed by atoms with Crippen LogP contribution in [0.1, 0.15) is 26.7 Å². The van der Waals surface area contributed by atoms with Crippen LogP contribution in [0.3, 0.4) is 0 Å². The largest absolute Gasteiger partial charge is 0.395 e. The molecule has 0 aromatic heterocycles. The van der Waals surface area contributed by atoms with E-state index in [0.717, 1.165) is 59.0 Å². The number of aliphatic hydroxyl groups excluding tert-OH is 1. The van der Waals surface area contributed by atoms with E-state index in [1.54, 1.807) is 0 Å². The third kappa shape index (κ3) is 5.49. The fourth-order valence-corrected chi connectivity index (χ4v) is 3.44. The molecule has 2 aliphatic rings. The van der Waals surface area contributed by atoms with Gasteiger partial charge in [0.05, 0.1) is 13.2 Å². The van der Waals surface area contributed by atoms with Crippen LogP contribution in [0, 0.1) is 5.41 Å². The normalized spacial score (nSPS) is 29.1. The minimum Gasteiger partial charge on any atom is -0.395 e. The molecule has 21 heavy (non-hydrogen) atoms. The lowest BCUT2D eigenvalue weighted by Gasteiger charge is -2.44. The third-order valence-corrected chi connectivity index (χ3v) is 4.73. The summed E-state index contributed by atoms with van der Waals surface area (Å²) in [5, 5.41) is 12.7. The van der Waals surface area contributed by atoms with E-state index in [1.165, 1.54) is 12.8 Å². The third-order valence-electron chi connectivity index (χ3n) is 4.73. The lowest BCUT2D eigenvalue weighted by Crippen LogP contribution is -2.54. The van der Waals surface area contributed by atoms with Gasteiger partial charge < -0.3 is 20.1 Å². The van der Waals surface area contributed by atoms with Gasteiger partial charge in [0.15, 0.2) is 0 Å². The van der Waals surface area contributed by atoms with Crippen molar-refractivity contribution in [2.75, 3.05) is 65.6 Å². The first-order valence-corrected chi connectivity index (χ1v) is 8.50. The molecule has 0 spiro atoms. The number of nitrogens with one attached hydrogen (secondary N) is 1. The highest BCUT2D eigenvalue weighted by Gasteiger charge is 2.35. The number of nitrogens with zero attached hydrogens (tertiary/aromatic N) is 2. The second kappa shape index (κ2) is 8.44. The van der Waals surface area contributed by atoms with Crippen molar-refractivity contribution in [3.8, 4) is 0 Å². The quantitative estimate of drug-likeness (QED) is 0.712. The Kier molecular flexibility index (Phi) is 6.89. The van der Waals surface area contributed by atoms with Gasteiger partial charge in [-0.3, -0.25) is 4.90 Å². The summed E-state index contributed by atoms with van der Waals surface area (Å²) in [6.07, 6.45) is 2.45. The van der Waals surface area contributed by atoms with Gasteiger partial charge >= 0.3 is 0 Å². The Labute approximate surface area is 129 Å². The van der Waals surface area contributed by atoms with Crippen LogP contribution in [-0.2, 0) is 4.74 Å². The number of hydrogen-bond acceptors (Lipinski definition) is 5. The highest BCUT2D eigenvalue weighted by atomic mass is 16.5. The Bertz CT molecular complexity index is 285. The molecule has 0 bridgehead atoms. The summed E-state index contributed by atoms with van der Waals surface area (Å²) in [6.45, 7) is 13.9. The van der Waals surface area contributed by atoms with Crippen molar-refractivity contribution in [3.05, 3.63) is 0 Å². The van der Waals surface area contributed by atoms with E-state index < -0.39 is 0 Å². The topological polar surface area (TPSA) is 48.0 Å². The Morgan fingerprint density at radius 2 is 1.90 bits per heavy atom. The maximum atomic E-state index is 9.03. The van der Waals surface area contributed by atoms with Gasteiger partial charge in [0.25, 0.3) is 0 Å². The van der Waals surface area contributed by atoms with Crippen LogP contribution in [0.2, 0.25) is 0 Å². The molecule has 1 unspecified atom stereocenters. The van der Waals surface area contributed by atoms with Crippen molar-refractivity contribution in [2.24, 2.45) is 5.41 Å². The molecule has 0 aromatic rings. The van der Waals surface area contributed by atoms with Crippen LogP contribution < -0.4 is 5.32 Å². The molecule has 5 nitrogen and oxygen atoms in total. The van der Waals surface area contributed by atoms with Crippen molar-refractivity contribution in [2.45, 2.75) is 32.7 Å². The maximum absolute atomic E-state index is 9.03. The van der Waals surface area contributed by atoms with E-state index in [0.29, 0.717) is 6.04 Å². The first-order chi connectivity index (χ1) is 10.1. The molecular formula is C16H33N3O2. The molecule has 2 aliphatic heterocycles. The Balaban J connectivity index is 1.84. The minimum atomic E-state index is 0.274. The van der Waals surface area contributed by atoms with Crippen molar-refractivity contribution < 1.29 is 9.84 Å². The molecule has 0 aromatic carbocycles. The summed E-state index contributed by atoms with van der Waals surface area (Å²) in [5.41, 5.74) is 0.279.